The number of imide groups is 1. The van der Waals surface area contributed by atoms with Crippen LogP contribution in [0, 0.1) is 5.92 Å². The van der Waals surface area contributed by atoms with Crippen LogP contribution in [0.5, 0.6) is 17.2 Å². The molecule has 0 saturated carbocycles. The molecule has 2 aliphatic carbocycles. The molecule has 0 spiro atoms. The van der Waals surface area contributed by atoms with E-state index in [1.807, 2.05) is 0 Å². The number of phenols is 2. The molecule has 272 valence electrons. The molecule has 2 aliphatic heterocycles. The summed E-state index contributed by atoms with van der Waals surface area (Å²) < 4.78 is 10.5. The highest BCUT2D eigenvalue weighted by Gasteiger charge is 2.41. The lowest BCUT2D eigenvalue weighted by Crippen LogP contribution is -2.52. The van der Waals surface area contributed by atoms with Gasteiger partial charge in [-0.05, 0) is 51.5 Å². The van der Waals surface area contributed by atoms with E-state index >= 15 is 0 Å². The Morgan fingerprint density at radius 2 is 1.63 bits per heavy atom. The molecular weight excluding hydrogens is 664 g/mol. The van der Waals surface area contributed by atoms with E-state index in [0.29, 0.717) is 50.8 Å². The number of hydrogen-bond acceptors (Lipinski definition) is 12. The Bertz CT molecular complexity index is 1760. The first-order valence-corrected chi connectivity index (χ1v) is 17.0. The number of carbonyl (C=O) groups is 6. The van der Waals surface area contributed by atoms with Gasteiger partial charge in [0.2, 0.25) is 11.7 Å². The van der Waals surface area contributed by atoms with E-state index in [9.17, 15) is 44.1 Å². The number of ketones is 3. The largest absolute Gasteiger partial charge is 0.507 e. The summed E-state index contributed by atoms with van der Waals surface area (Å²) in [5.41, 5.74) is 0.301. The minimum atomic E-state index is -0.674. The van der Waals surface area contributed by atoms with Crippen LogP contribution in [0.15, 0.2) is 30.4 Å². The third kappa shape index (κ3) is 7.58. The molecular formula is C37H42N2O12. The normalized spacial score (nSPS) is 22.1. The summed E-state index contributed by atoms with van der Waals surface area (Å²) in [6, 6.07) is 4.33. The number of aromatic hydroxyl groups is 2. The Morgan fingerprint density at radius 1 is 0.941 bits per heavy atom. The van der Waals surface area contributed by atoms with E-state index in [1.54, 1.807) is 19.1 Å². The molecule has 6 rings (SSSR count). The van der Waals surface area contributed by atoms with Crippen LogP contribution in [0.4, 0.5) is 0 Å². The van der Waals surface area contributed by atoms with Crippen LogP contribution >= 0.6 is 0 Å². The van der Waals surface area contributed by atoms with Crippen molar-refractivity contribution < 1.29 is 58.7 Å². The number of aliphatic hydroxyl groups excluding tert-OH is 2. The molecule has 5 N–H and O–H groups in total. The van der Waals surface area contributed by atoms with Gasteiger partial charge in [0.1, 0.15) is 30.0 Å². The third-order valence-corrected chi connectivity index (χ3v) is 9.87. The molecule has 4 aliphatic rings. The van der Waals surface area contributed by atoms with Gasteiger partial charge in [0.15, 0.2) is 11.6 Å². The second kappa shape index (κ2) is 16.0. The number of benzene rings is 2. The van der Waals surface area contributed by atoms with Crippen molar-refractivity contribution >= 4 is 35.1 Å². The molecule has 2 aromatic carbocycles. The maximum Gasteiger partial charge on any atom is 0.253 e. The monoisotopic (exact) mass is 706 g/mol. The number of fused-ring (bicyclic) bond motifs is 3. The summed E-state index contributed by atoms with van der Waals surface area (Å²) >= 11 is 0. The highest BCUT2D eigenvalue weighted by Crippen LogP contribution is 2.47. The van der Waals surface area contributed by atoms with Crippen LogP contribution < -0.4 is 10.1 Å². The summed E-state index contributed by atoms with van der Waals surface area (Å²) in [6.45, 7) is 2.11. The van der Waals surface area contributed by atoms with E-state index in [1.165, 1.54) is 30.2 Å². The fraction of sp³-hybridized carbons (Fsp3) is 0.459. The van der Waals surface area contributed by atoms with Crippen molar-refractivity contribution in [3.8, 4) is 17.2 Å². The Hall–Kier alpha value is -4.92. The van der Waals surface area contributed by atoms with Crippen LogP contribution in [0.3, 0.4) is 0 Å². The molecule has 4 unspecified atom stereocenters. The van der Waals surface area contributed by atoms with Crippen molar-refractivity contribution in [2.45, 2.75) is 76.5 Å². The number of rotatable bonds is 10. The predicted molar refractivity (Wildman–Crippen MR) is 180 cm³/mol. The molecule has 2 heterocycles. The molecule has 51 heavy (non-hydrogen) atoms. The van der Waals surface area contributed by atoms with Gasteiger partial charge in [-0.1, -0.05) is 18.6 Å². The number of ether oxygens (including phenoxy) is 2. The third-order valence-electron chi connectivity index (χ3n) is 9.87. The number of methoxy groups -OCH3 is 1. The van der Waals surface area contributed by atoms with Crippen LogP contribution in [-0.2, 0) is 36.8 Å². The standard InChI is InChI=1S/C21H18O7.C16H24N2O5/c1-28-14-4-2-3-11-15(14)21(27)17-16(19(11)25)20(26)12-7-9(13(23)8-22)5-6-10(12)18(17)24;1-11-16(22)12(8-10-23-11)17-13(19)5-3-2-4-9-18-14(20)6-7-15(18)21/h2-4,9,22,24,26H,5-8H2,1H3;6-7,11-12,16,22H,2-5,8-10H2,1H3,(H,17,19). The number of nitrogens with zero attached hydrogens (tertiary/aromatic N) is 1. The molecule has 14 nitrogen and oxygen atoms in total. The van der Waals surface area contributed by atoms with E-state index in [2.05, 4.69) is 5.32 Å². The number of hydrogen-bond donors (Lipinski definition) is 5. The molecule has 2 aromatic rings. The number of aliphatic hydroxyl groups is 2. The molecule has 1 fully saturated rings. The van der Waals surface area contributed by atoms with E-state index in [0.717, 1.165) is 6.42 Å². The second-order valence-corrected chi connectivity index (χ2v) is 13.0. The Kier molecular flexibility index (Phi) is 11.7. The summed E-state index contributed by atoms with van der Waals surface area (Å²) in [6.07, 6.45) is 5.44. The lowest BCUT2D eigenvalue weighted by atomic mass is 9.75. The first kappa shape index (κ1) is 37.3. The fourth-order valence-electron chi connectivity index (χ4n) is 7.01. The summed E-state index contributed by atoms with van der Waals surface area (Å²) in [7, 11) is 1.38. The molecule has 4 atom stereocenters. The van der Waals surface area contributed by atoms with E-state index in [-0.39, 0.29) is 93.6 Å². The van der Waals surface area contributed by atoms with Crippen molar-refractivity contribution in [3.05, 3.63) is 63.7 Å². The molecule has 0 bridgehead atoms. The second-order valence-electron chi connectivity index (χ2n) is 13.0. The van der Waals surface area contributed by atoms with E-state index < -0.39 is 30.2 Å². The molecule has 0 radical (unpaired) electrons. The highest BCUT2D eigenvalue weighted by molar-refractivity contribution is 6.31. The maximum absolute atomic E-state index is 13.1. The van der Waals surface area contributed by atoms with Crippen LogP contribution in [0.1, 0.15) is 88.4 Å². The number of phenolic OH excluding ortho intramolecular Hbond substituents is 2. The summed E-state index contributed by atoms with van der Waals surface area (Å²) in [4.78, 5) is 73.9. The van der Waals surface area contributed by atoms with Crippen molar-refractivity contribution in [2.75, 3.05) is 26.9 Å². The number of carbonyl (C=O) groups excluding carboxylic acids is 6. The van der Waals surface area contributed by atoms with Crippen molar-refractivity contribution in [3.63, 3.8) is 0 Å². The number of nitrogens with one attached hydrogen (secondary N) is 1. The zero-order chi connectivity index (χ0) is 37.0. The first-order valence-electron chi connectivity index (χ1n) is 17.0. The van der Waals surface area contributed by atoms with E-state index in [4.69, 9.17) is 14.6 Å². The highest BCUT2D eigenvalue weighted by atomic mass is 16.5. The van der Waals surface area contributed by atoms with Crippen molar-refractivity contribution in [1.82, 2.24) is 10.2 Å². The predicted octanol–water partition coefficient (Wildman–Crippen LogP) is 1.67. The minimum Gasteiger partial charge on any atom is -0.507 e. The number of Topliss-reactive ketones (excluding diaryl/α,β-unsaturated/α-hetero) is 1. The first-order chi connectivity index (χ1) is 24.4. The lowest BCUT2D eigenvalue weighted by molar-refractivity contribution is -0.137. The van der Waals surface area contributed by atoms with Gasteiger partial charge < -0.3 is 35.2 Å². The van der Waals surface area contributed by atoms with Gasteiger partial charge in [-0.2, -0.15) is 0 Å². The van der Waals surface area contributed by atoms with Crippen molar-refractivity contribution in [2.24, 2.45) is 5.92 Å². The molecule has 3 amide bonds. The van der Waals surface area contributed by atoms with Crippen LogP contribution in [0.2, 0.25) is 0 Å². The number of amides is 3. The van der Waals surface area contributed by atoms with Crippen LogP contribution in [-0.4, -0.2) is 106 Å². The quantitative estimate of drug-likeness (QED) is 0.116. The summed E-state index contributed by atoms with van der Waals surface area (Å²) in [5, 5.41) is 43.5. The van der Waals surface area contributed by atoms with Gasteiger partial charge in [0, 0.05) is 54.3 Å². The smallest absolute Gasteiger partial charge is 0.253 e. The fourth-order valence-corrected chi connectivity index (χ4v) is 7.01. The zero-order valence-electron chi connectivity index (χ0n) is 28.5. The molecule has 1 saturated heterocycles. The SMILES string of the molecule is CC1OCCC(NC(=O)CCCCCN2C(=O)C=CC2=O)C1O.COc1cccc2c1C(=O)c1c(O)c3c(c(O)c1C2=O)CC(C(=O)CO)CC3. The Morgan fingerprint density at radius 3 is 2.31 bits per heavy atom. The van der Waals surface area contributed by atoms with Gasteiger partial charge in [0.05, 0.1) is 35.9 Å². The average Bonchev–Trinajstić information content (AvgIpc) is 3.45. The average molecular weight is 707 g/mol. The topological polar surface area (TPSA) is 217 Å². The maximum atomic E-state index is 13.1. The van der Waals surface area contributed by atoms with Crippen molar-refractivity contribution in [1.29, 1.82) is 0 Å². The van der Waals surface area contributed by atoms with Crippen LogP contribution in [0.25, 0.3) is 0 Å². The van der Waals surface area contributed by atoms with Gasteiger partial charge in [-0.25, -0.2) is 0 Å². The van der Waals surface area contributed by atoms with Gasteiger partial charge in [-0.15, -0.1) is 0 Å². The minimum absolute atomic E-state index is 0.0568. The van der Waals surface area contributed by atoms with Gasteiger partial charge in [-0.3, -0.25) is 33.7 Å². The molecule has 0 aromatic heterocycles. The summed E-state index contributed by atoms with van der Waals surface area (Å²) in [5.74, 6) is -3.18. The Balaban J connectivity index is 0.000000202. The lowest BCUT2D eigenvalue weighted by Gasteiger charge is -2.33. The zero-order valence-corrected chi connectivity index (χ0v) is 28.5. The Labute approximate surface area is 294 Å². The van der Waals surface area contributed by atoms with Gasteiger partial charge >= 0.3 is 0 Å². The van der Waals surface area contributed by atoms with Gasteiger partial charge in [0.25, 0.3) is 11.8 Å². The number of unbranched alkanes of at least 4 members (excludes halogenated alkanes) is 2. The molecule has 14 heteroatoms.